The third-order valence-corrected chi connectivity index (χ3v) is 3.63. The average Bonchev–Trinajstić information content (AvgIpc) is 2.29. The molecule has 1 fully saturated rings. The second kappa shape index (κ2) is 4.62. The first-order valence-corrected chi connectivity index (χ1v) is 6.88. The molecule has 0 amide bonds. The molecule has 4 heteroatoms. The van der Waals surface area contributed by atoms with Gasteiger partial charge in [0.15, 0.2) is 0 Å². The van der Waals surface area contributed by atoms with Gasteiger partial charge in [-0.1, -0.05) is 20.8 Å². The van der Waals surface area contributed by atoms with Gasteiger partial charge in [0.05, 0.1) is 18.1 Å². The molecule has 2 heterocycles. The van der Waals surface area contributed by atoms with E-state index in [0.29, 0.717) is 0 Å². The minimum atomic E-state index is 0.0380. The van der Waals surface area contributed by atoms with Crippen LogP contribution in [0.1, 0.15) is 26.6 Å². The van der Waals surface area contributed by atoms with Gasteiger partial charge in [-0.3, -0.25) is 0 Å². The summed E-state index contributed by atoms with van der Waals surface area (Å²) in [4.78, 5) is 11.3. The van der Waals surface area contributed by atoms with E-state index in [4.69, 9.17) is 0 Å². The maximum Gasteiger partial charge on any atom is 0.133 e. The molecular weight excluding hydrogens is 218 g/mol. The van der Waals surface area contributed by atoms with Crippen LogP contribution in [0.4, 0.5) is 5.69 Å². The molecule has 0 unspecified atom stereocenters. The van der Waals surface area contributed by atoms with Crippen molar-refractivity contribution < 1.29 is 0 Å². The van der Waals surface area contributed by atoms with Gasteiger partial charge in [0.1, 0.15) is 5.82 Å². The van der Waals surface area contributed by atoms with Crippen LogP contribution in [0.5, 0.6) is 0 Å². The van der Waals surface area contributed by atoms with Gasteiger partial charge in [-0.05, 0) is 0 Å². The monoisotopic (exact) mass is 237 g/mol. The van der Waals surface area contributed by atoms with E-state index < -0.39 is 0 Å². The zero-order valence-corrected chi connectivity index (χ0v) is 11.0. The van der Waals surface area contributed by atoms with Crippen LogP contribution in [-0.4, -0.2) is 34.6 Å². The molecule has 0 aliphatic carbocycles. The van der Waals surface area contributed by atoms with Crippen molar-refractivity contribution in [1.82, 2.24) is 9.97 Å². The molecule has 0 radical (unpaired) electrons. The van der Waals surface area contributed by atoms with Gasteiger partial charge in [-0.2, -0.15) is 11.8 Å². The van der Waals surface area contributed by atoms with E-state index >= 15 is 0 Å². The molecule has 0 bridgehead atoms. The Morgan fingerprint density at radius 3 is 2.19 bits per heavy atom. The molecule has 1 aromatic rings. The summed E-state index contributed by atoms with van der Waals surface area (Å²) in [6.07, 6.45) is 3.92. The van der Waals surface area contributed by atoms with Crippen molar-refractivity contribution in [3.63, 3.8) is 0 Å². The third-order valence-electron chi connectivity index (χ3n) is 2.69. The predicted molar refractivity (Wildman–Crippen MR) is 70.3 cm³/mol. The molecule has 1 saturated heterocycles. The highest BCUT2D eigenvalue weighted by Gasteiger charge is 2.18. The van der Waals surface area contributed by atoms with Crippen molar-refractivity contribution in [1.29, 1.82) is 0 Å². The lowest BCUT2D eigenvalue weighted by molar-refractivity contribution is 0.544. The SMILES string of the molecule is CC(C)(C)c1ncc(N2CCSCC2)cn1. The van der Waals surface area contributed by atoms with E-state index in [2.05, 4.69) is 35.6 Å². The largest absolute Gasteiger partial charge is 0.367 e. The highest BCUT2D eigenvalue weighted by atomic mass is 32.2. The normalized spacial score (nSPS) is 17.6. The molecule has 1 aliphatic rings. The number of hydrogen-bond acceptors (Lipinski definition) is 4. The molecule has 16 heavy (non-hydrogen) atoms. The van der Waals surface area contributed by atoms with E-state index in [9.17, 15) is 0 Å². The average molecular weight is 237 g/mol. The van der Waals surface area contributed by atoms with Crippen LogP contribution in [0.3, 0.4) is 0 Å². The number of rotatable bonds is 1. The maximum atomic E-state index is 4.47. The molecule has 0 spiro atoms. The number of aromatic nitrogens is 2. The highest BCUT2D eigenvalue weighted by molar-refractivity contribution is 7.99. The molecule has 1 aromatic heterocycles. The van der Waals surface area contributed by atoms with Gasteiger partial charge < -0.3 is 4.90 Å². The summed E-state index contributed by atoms with van der Waals surface area (Å²) in [5.41, 5.74) is 1.20. The second-order valence-corrected chi connectivity index (χ2v) is 6.34. The molecule has 0 aromatic carbocycles. The first-order chi connectivity index (χ1) is 7.57. The first kappa shape index (κ1) is 11.7. The van der Waals surface area contributed by atoms with Crippen molar-refractivity contribution >= 4 is 17.4 Å². The standard InChI is InChI=1S/C12H19N3S/c1-12(2,3)11-13-8-10(9-14-11)15-4-6-16-7-5-15/h8-9H,4-7H2,1-3H3. The number of anilines is 1. The fraction of sp³-hybridized carbons (Fsp3) is 0.667. The van der Waals surface area contributed by atoms with E-state index in [0.717, 1.165) is 24.6 Å². The fourth-order valence-electron chi connectivity index (χ4n) is 1.69. The first-order valence-electron chi connectivity index (χ1n) is 5.72. The zero-order valence-electron chi connectivity index (χ0n) is 10.2. The molecule has 1 aliphatic heterocycles. The van der Waals surface area contributed by atoms with E-state index in [1.54, 1.807) is 0 Å². The van der Waals surface area contributed by atoms with Gasteiger partial charge >= 0.3 is 0 Å². The molecule has 3 nitrogen and oxygen atoms in total. The smallest absolute Gasteiger partial charge is 0.133 e. The van der Waals surface area contributed by atoms with Gasteiger partial charge in [0.25, 0.3) is 0 Å². The van der Waals surface area contributed by atoms with Gasteiger partial charge in [-0.25, -0.2) is 9.97 Å². The van der Waals surface area contributed by atoms with Crippen LogP contribution in [0.2, 0.25) is 0 Å². The summed E-state index contributed by atoms with van der Waals surface area (Å²) < 4.78 is 0. The van der Waals surface area contributed by atoms with E-state index in [-0.39, 0.29) is 5.41 Å². The van der Waals surface area contributed by atoms with Crippen LogP contribution in [0.25, 0.3) is 0 Å². The Bertz CT molecular complexity index is 336. The van der Waals surface area contributed by atoms with Gasteiger partial charge in [0.2, 0.25) is 0 Å². The van der Waals surface area contributed by atoms with Crippen molar-refractivity contribution in [2.24, 2.45) is 0 Å². The second-order valence-electron chi connectivity index (χ2n) is 5.11. The Hall–Kier alpha value is -0.770. The highest BCUT2D eigenvalue weighted by Crippen LogP contribution is 2.21. The van der Waals surface area contributed by atoms with Crippen LogP contribution < -0.4 is 4.90 Å². The lowest BCUT2D eigenvalue weighted by atomic mass is 9.96. The maximum absolute atomic E-state index is 4.47. The predicted octanol–water partition coefficient (Wildman–Crippen LogP) is 2.33. The summed E-state index contributed by atoms with van der Waals surface area (Å²) in [7, 11) is 0. The topological polar surface area (TPSA) is 29.0 Å². The molecular formula is C12H19N3S. The minimum absolute atomic E-state index is 0.0380. The third kappa shape index (κ3) is 2.67. The summed E-state index contributed by atoms with van der Waals surface area (Å²) in [6, 6.07) is 0. The number of nitrogens with zero attached hydrogens (tertiary/aromatic N) is 3. The van der Waals surface area contributed by atoms with Crippen LogP contribution >= 0.6 is 11.8 Å². The number of hydrogen-bond donors (Lipinski definition) is 0. The summed E-state index contributed by atoms with van der Waals surface area (Å²) >= 11 is 2.02. The summed E-state index contributed by atoms with van der Waals surface area (Å²) in [5.74, 6) is 3.34. The molecule has 0 N–H and O–H groups in total. The molecule has 88 valence electrons. The summed E-state index contributed by atoms with van der Waals surface area (Å²) in [5, 5.41) is 0. The van der Waals surface area contributed by atoms with Crippen LogP contribution in [0, 0.1) is 0 Å². The van der Waals surface area contributed by atoms with Crippen molar-refractivity contribution in [3.05, 3.63) is 18.2 Å². The van der Waals surface area contributed by atoms with Gasteiger partial charge in [0, 0.05) is 30.0 Å². The van der Waals surface area contributed by atoms with Gasteiger partial charge in [-0.15, -0.1) is 0 Å². The molecule has 2 rings (SSSR count). The Labute approximate surface area is 102 Å². The molecule has 0 saturated carbocycles. The Kier molecular flexibility index (Phi) is 3.38. The lowest BCUT2D eigenvalue weighted by Gasteiger charge is -2.28. The Morgan fingerprint density at radius 1 is 1.12 bits per heavy atom. The quantitative estimate of drug-likeness (QED) is 0.749. The van der Waals surface area contributed by atoms with Crippen molar-refractivity contribution in [2.45, 2.75) is 26.2 Å². The minimum Gasteiger partial charge on any atom is -0.367 e. The number of thioether (sulfide) groups is 1. The van der Waals surface area contributed by atoms with Crippen LogP contribution in [-0.2, 0) is 5.41 Å². The van der Waals surface area contributed by atoms with Crippen molar-refractivity contribution in [2.75, 3.05) is 29.5 Å². The Balaban J connectivity index is 2.12. The summed E-state index contributed by atoms with van der Waals surface area (Å²) in [6.45, 7) is 8.64. The Morgan fingerprint density at radius 2 is 1.69 bits per heavy atom. The molecule has 0 atom stereocenters. The van der Waals surface area contributed by atoms with E-state index in [1.165, 1.54) is 11.5 Å². The zero-order chi connectivity index (χ0) is 11.6. The van der Waals surface area contributed by atoms with Crippen molar-refractivity contribution in [3.8, 4) is 0 Å². The fourth-order valence-corrected chi connectivity index (χ4v) is 2.60. The lowest BCUT2D eigenvalue weighted by Crippen LogP contribution is -2.32. The van der Waals surface area contributed by atoms with E-state index in [1.807, 2.05) is 24.2 Å². The van der Waals surface area contributed by atoms with Crippen LogP contribution in [0.15, 0.2) is 12.4 Å².